The van der Waals surface area contributed by atoms with Gasteiger partial charge in [-0.25, -0.2) is 4.79 Å². The average Bonchev–Trinajstić information content (AvgIpc) is 2.23. The third-order valence-corrected chi connectivity index (χ3v) is 2.25. The highest BCUT2D eigenvalue weighted by Crippen LogP contribution is 2.00. The fourth-order valence-electron chi connectivity index (χ4n) is 1.14. The lowest BCUT2D eigenvalue weighted by Crippen LogP contribution is -2.40. The van der Waals surface area contributed by atoms with Gasteiger partial charge in [-0.15, -0.1) is 0 Å². The first kappa shape index (κ1) is 14.3. The topological polar surface area (TPSA) is 58.2 Å². The summed E-state index contributed by atoms with van der Waals surface area (Å²) < 4.78 is 0. The second-order valence-corrected chi connectivity index (χ2v) is 3.69. The zero-order valence-corrected chi connectivity index (χ0v) is 10.1. The van der Waals surface area contributed by atoms with Crippen LogP contribution in [0, 0.1) is 0 Å². The van der Waals surface area contributed by atoms with Crippen LogP contribution < -0.4 is 10.6 Å². The number of amides is 3. The highest BCUT2D eigenvalue weighted by molar-refractivity contribution is 7.81. The van der Waals surface area contributed by atoms with Crippen LogP contribution in [0.2, 0.25) is 0 Å². The molecule has 15 heavy (non-hydrogen) atoms. The largest absolute Gasteiger partial charge is 0.338 e. The Morgan fingerprint density at radius 1 is 1.13 bits per heavy atom. The summed E-state index contributed by atoms with van der Waals surface area (Å²) in [4.78, 5) is 21.8. The standard InChI is InChI=1S/C10H20N2O2S/c1-2-3-4-5-6-7-11-10(14)12-9(13)8-15/h15H,2-8H2,1H3,(H2,11,12,13,14). The van der Waals surface area contributed by atoms with Crippen LogP contribution in [0.1, 0.15) is 39.0 Å². The summed E-state index contributed by atoms with van der Waals surface area (Å²) in [6.07, 6.45) is 5.74. The predicted molar refractivity (Wildman–Crippen MR) is 64.2 cm³/mol. The highest BCUT2D eigenvalue weighted by atomic mass is 32.1. The summed E-state index contributed by atoms with van der Waals surface area (Å²) in [5, 5.41) is 4.79. The molecule has 5 heteroatoms. The van der Waals surface area contributed by atoms with E-state index in [4.69, 9.17) is 0 Å². The van der Waals surface area contributed by atoms with Gasteiger partial charge in [0.1, 0.15) is 0 Å². The van der Waals surface area contributed by atoms with Crippen molar-refractivity contribution >= 4 is 24.6 Å². The van der Waals surface area contributed by atoms with E-state index in [1.165, 1.54) is 19.3 Å². The lowest BCUT2D eigenvalue weighted by atomic mass is 10.1. The number of hydrogen-bond donors (Lipinski definition) is 3. The van der Waals surface area contributed by atoms with Crippen LogP contribution in [-0.4, -0.2) is 24.2 Å². The number of unbranched alkanes of at least 4 members (excludes halogenated alkanes) is 4. The molecular weight excluding hydrogens is 212 g/mol. The van der Waals surface area contributed by atoms with Gasteiger partial charge in [0.05, 0.1) is 5.75 Å². The molecule has 0 heterocycles. The summed E-state index contributed by atoms with van der Waals surface area (Å²) in [5.74, 6) is -0.342. The fraction of sp³-hybridized carbons (Fsp3) is 0.800. The second kappa shape index (κ2) is 9.83. The van der Waals surface area contributed by atoms with Crippen molar-refractivity contribution < 1.29 is 9.59 Å². The molecule has 88 valence electrons. The molecule has 0 aliphatic carbocycles. The summed E-state index contributed by atoms with van der Waals surface area (Å²) in [6.45, 7) is 2.78. The molecule has 0 aromatic rings. The maximum atomic E-state index is 11.0. The molecule has 0 aromatic carbocycles. The molecule has 0 aliphatic heterocycles. The Morgan fingerprint density at radius 3 is 2.40 bits per heavy atom. The molecule has 0 spiro atoms. The van der Waals surface area contributed by atoms with Crippen LogP contribution in [0.4, 0.5) is 4.79 Å². The SMILES string of the molecule is CCCCCCCNC(=O)NC(=O)CS. The third-order valence-electron chi connectivity index (χ3n) is 1.96. The van der Waals surface area contributed by atoms with Crippen LogP contribution in [0.15, 0.2) is 0 Å². The van der Waals surface area contributed by atoms with Crippen LogP contribution in [0.25, 0.3) is 0 Å². The minimum Gasteiger partial charge on any atom is -0.338 e. The van der Waals surface area contributed by atoms with Crippen LogP contribution >= 0.6 is 12.6 Å². The molecule has 0 aromatic heterocycles. The van der Waals surface area contributed by atoms with E-state index in [0.29, 0.717) is 6.54 Å². The van der Waals surface area contributed by atoms with E-state index in [1.54, 1.807) is 0 Å². The van der Waals surface area contributed by atoms with Gasteiger partial charge in [-0.1, -0.05) is 32.6 Å². The summed E-state index contributed by atoms with van der Waals surface area (Å²) in [6, 6.07) is -0.426. The number of carbonyl (C=O) groups is 2. The van der Waals surface area contributed by atoms with E-state index in [2.05, 4.69) is 30.2 Å². The van der Waals surface area contributed by atoms with Gasteiger partial charge in [0.15, 0.2) is 0 Å². The Labute approximate surface area is 96.6 Å². The maximum Gasteiger partial charge on any atom is 0.321 e. The van der Waals surface area contributed by atoms with Gasteiger partial charge in [0.2, 0.25) is 5.91 Å². The lowest BCUT2D eigenvalue weighted by molar-refractivity contribution is -0.117. The molecule has 0 atom stereocenters. The Hall–Kier alpha value is -0.710. The van der Waals surface area contributed by atoms with E-state index in [1.807, 2.05) is 0 Å². The molecule has 4 nitrogen and oxygen atoms in total. The lowest BCUT2D eigenvalue weighted by Gasteiger charge is -2.05. The van der Waals surface area contributed by atoms with E-state index in [9.17, 15) is 9.59 Å². The van der Waals surface area contributed by atoms with E-state index in [-0.39, 0.29) is 11.7 Å². The molecular formula is C10H20N2O2S. The Kier molecular flexibility index (Phi) is 9.36. The normalized spacial score (nSPS) is 9.73. The second-order valence-electron chi connectivity index (χ2n) is 3.38. The van der Waals surface area contributed by atoms with Gasteiger partial charge in [-0.2, -0.15) is 12.6 Å². The van der Waals surface area contributed by atoms with Crippen molar-refractivity contribution in [2.75, 3.05) is 12.3 Å². The van der Waals surface area contributed by atoms with Crippen LogP contribution in [0.5, 0.6) is 0 Å². The van der Waals surface area contributed by atoms with Gasteiger partial charge >= 0.3 is 6.03 Å². The zero-order valence-electron chi connectivity index (χ0n) is 9.21. The van der Waals surface area contributed by atoms with Crippen molar-refractivity contribution in [2.45, 2.75) is 39.0 Å². The molecule has 0 rings (SSSR count). The number of urea groups is 1. The first-order chi connectivity index (χ1) is 7.20. The number of thiol groups is 1. The summed E-state index contributed by atoms with van der Waals surface area (Å²) in [7, 11) is 0. The summed E-state index contributed by atoms with van der Waals surface area (Å²) >= 11 is 3.75. The minimum absolute atomic E-state index is 0.0317. The molecule has 0 saturated carbocycles. The molecule has 3 amide bonds. The van der Waals surface area contributed by atoms with E-state index < -0.39 is 6.03 Å². The van der Waals surface area contributed by atoms with Gasteiger partial charge in [-0.3, -0.25) is 10.1 Å². The highest BCUT2D eigenvalue weighted by Gasteiger charge is 2.03. The van der Waals surface area contributed by atoms with Gasteiger partial charge in [0.25, 0.3) is 0 Å². The van der Waals surface area contributed by atoms with Gasteiger partial charge in [-0.05, 0) is 6.42 Å². The number of hydrogen-bond acceptors (Lipinski definition) is 3. The monoisotopic (exact) mass is 232 g/mol. The maximum absolute atomic E-state index is 11.0. The van der Waals surface area contributed by atoms with Crippen molar-refractivity contribution in [2.24, 2.45) is 0 Å². The van der Waals surface area contributed by atoms with Gasteiger partial charge in [0, 0.05) is 6.54 Å². The van der Waals surface area contributed by atoms with Gasteiger partial charge < -0.3 is 5.32 Å². The van der Waals surface area contributed by atoms with Crippen LogP contribution in [0.3, 0.4) is 0 Å². The van der Waals surface area contributed by atoms with E-state index >= 15 is 0 Å². The Morgan fingerprint density at radius 2 is 1.80 bits per heavy atom. The van der Waals surface area contributed by atoms with Crippen molar-refractivity contribution in [3.05, 3.63) is 0 Å². The van der Waals surface area contributed by atoms with Crippen molar-refractivity contribution in [3.8, 4) is 0 Å². The number of imide groups is 1. The predicted octanol–water partition coefficient (Wildman–Crippen LogP) is 1.71. The summed E-state index contributed by atoms with van der Waals surface area (Å²) in [5.41, 5.74) is 0. The molecule has 0 radical (unpaired) electrons. The van der Waals surface area contributed by atoms with Crippen molar-refractivity contribution in [3.63, 3.8) is 0 Å². The first-order valence-electron chi connectivity index (χ1n) is 5.39. The molecule has 0 bridgehead atoms. The molecule has 2 N–H and O–H groups in total. The molecule has 0 saturated heterocycles. The smallest absolute Gasteiger partial charge is 0.321 e. The van der Waals surface area contributed by atoms with Crippen molar-refractivity contribution in [1.82, 2.24) is 10.6 Å². The molecule has 0 fully saturated rings. The van der Waals surface area contributed by atoms with Crippen molar-refractivity contribution in [1.29, 1.82) is 0 Å². The minimum atomic E-state index is -0.426. The number of nitrogens with one attached hydrogen (secondary N) is 2. The van der Waals surface area contributed by atoms with Crippen LogP contribution in [-0.2, 0) is 4.79 Å². The Bertz CT molecular complexity index is 198. The molecule has 0 unspecified atom stereocenters. The third kappa shape index (κ3) is 9.59. The Balaban J connectivity index is 3.28. The van der Waals surface area contributed by atoms with E-state index in [0.717, 1.165) is 12.8 Å². The number of carbonyl (C=O) groups excluding carboxylic acids is 2. The average molecular weight is 232 g/mol. The number of rotatable bonds is 7. The first-order valence-corrected chi connectivity index (χ1v) is 6.02. The quantitative estimate of drug-likeness (QED) is 0.462. The molecule has 0 aliphatic rings. The fourth-order valence-corrected chi connectivity index (χ4v) is 1.22. The zero-order chi connectivity index (χ0) is 11.5.